The van der Waals surface area contributed by atoms with Crippen molar-refractivity contribution in [3.63, 3.8) is 0 Å². The summed E-state index contributed by atoms with van der Waals surface area (Å²) < 4.78 is 2.19. The van der Waals surface area contributed by atoms with Crippen LogP contribution in [-0.4, -0.2) is 65.2 Å². The van der Waals surface area contributed by atoms with Gasteiger partial charge in [-0.1, -0.05) is 12.8 Å². The smallest absolute Gasteiger partial charge is 0.191 e. The third kappa shape index (κ3) is 5.17. The standard InChI is InChI=1S/C19H33N5S/c1-2-20-18(21-9-12-23-10-5-6-11-23)22-17-19(7-3-4-8-19)24-13-15-25-16-14-24/h5-6,10-11H,2-4,7-9,12-17H2,1H3,(H2,20,21,22). The number of nitrogens with zero attached hydrogens (tertiary/aromatic N) is 3. The second kappa shape index (κ2) is 9.53. The second-order valence-corrected chi connectivity index (χ2v) is 8.30. The minimum absolute atomic E-state index is 0.309. The van der Waals surface area contributed by atoms with E-state index in [4.69, 9.17) is 4.99 Å². The van der Waals surface area contributed by atoms with Gasteiger partial charge < -0.3 is 15.2 Å². The molecule has 2 heterocycles. The Labute approximate surface area is 156 Å². The van der Waals surface area contributed by atoms with Gasteiger partial charge in [0, 0.05) is 62.2 Å². The van der Waals surface area contributed by atoms with Gasteiger partial charge in [0.05, 0.1) is 6.54 Å². The molecule has 0 atom stereocenters. The van der Waals surface area contributed by atoms with Crippen molar-refractivity contribution in [1.29, 1.82) is 0 Å². The first-order chi connectivity index (χ1) is 12.3. The molecule has 2 aliphatic rings. The van der Waals surface area contributed by atoms with Crippen LogP contribution in [0.25, 0.3) is 0 Å². The zero-order chi connectivity index (χ0) is 17.4. The lowest BCUT2D eigenvalue weighted by Gasteiger charge is -2.42. The largest absolute Gasteiger partial charge is 0.357 e. The van der Waals surface area contributed by atoms with Crippen LogP contribution < -0.4 is 10.6 Å². The summed E-state index contributed by atoms with van der Waals surface area (Å²) in [6.07, 6.45) is 9.54. The lowest BCUT2D eigenvalue weighted by molar-refractivity contribution is 0.112. The summed E-state index contributed by atoms with van der Waals surface area (Å²) in [6.45, 7) is 8.30. The van der Waals surface area contributed by atoms with Crippen LogP contribution in [0.3, 0.4) is 0 Å². The highest BCUT2D eigenvalue weighted by Gasteiger charge is 2.39. The number of hydrogen-bond donors (Lipinski definition) is 2. The molecule has 1 aliphatic heterocycles. The molecule has 1 aromatic rings. The number of guanidine groups is 1. The van der Waals surface area contributed by atoms with E-state index >= 15 is 0 Å². The van der Waals surface area contributed by atoms with Crippen molar-refractivity contribution in [1.82, 2.24) is 20.1 Å². The first-order valence-electron chi connectivity index (χ1n) is 9.78. The SMILES string of the molecule is CCNC(=NCC1(N2CCSCC2)CCCC1)NCCn1cccc1. The van der Waals surface area contributed by atoms with Gasteiger partial charge in [-0.05, 0) is 31.9 Å². The Morgan fingerprint density at radius 3 is 2.52 bits per heavy atom. The molecule has 1 aliphatic carbocycles. The third-order valence-corrected chi connectivity index (χ3v) is 6.36. The lowest BCUT2D eigenvalue weighted by atomic mass is 9.95. The van der Waals surface area contributed by atoms with E-state index in [0.29, 0.717) is 5.54 Å². The van der Waals surface area contributed by atoms with Gasteiger partial charge in [-0.2, -0.15) is 11.8 Å². The number of aliphatic imine (C=N–C) groups is 1. The first kappa shape index (κ1) is 18.6. The molecule has 0 amide bonds. The first-order valence-corrected chi connectivity index (χ1v) is 10.9. The zero-order valence-electron chi connectivity index (χ0n) is 15.5. The molecule has 0 unspecified atom stereocenters. The van der Waals surface area contributed by atoms with Crippen LogP contribution in [0.4, 0.5) is 0 Å². The van der Waals surface area contributed by atoms with E-state index < -0.39 is 0 Å². The molecule has 1 saturated heterocycles. The summed E-state index contributed by atoms with van der Waals surface area (Å²) in [5, 5.41) is 6.91. The summed E-state index contributed by atoms with van der Waals surface area (Å²) in [4.78, 5) is 7.74. The summed E-state index contributed by atoms with van der Waals surface area (Å²) in [5.41, 5.74) is 0.309. The van der Waals surface area contributed by atoms with Gasteiger partial charge in [0.15, 0.2) is 5.96 Å². The predicted molar refractivity (Wildman–Crippen MR) is 109 cm³/mol. The van der Waals surface area contributed by atoms with Gasteiger partial charge >= 0.3 is 0 Å². The Morgan fingerprint density at radius 2 is 1.84 bits per heavy atom. The minimum Gasteiger partial charge on any atom is -0.357 e. The lowest BCUT2D eigenvalue weighted by Crippen LogP contribution is -2.53. The van der Waals surface area contributed by atoms with Crippen LogP contribution in [0.15, 0.2) is 29.5 Å². The molecule has 6 heteroatoms. The fourth-order valence-electron chi connectivity index (χ4n) is 4.04. The molecule has 3 rings (SSSR count). The molecule has 1 aromatic heterocycles. The molecule has 25 heavy (non-hydrogen) atoms. The number of hydrogen-bond acceptors (Lipinski definition) is 3. The van der Waals surface area contributed by atoms with Gasteiger partial charge in [0.2, 0.25) is 0 Å². The van der Waals surface area contributed by atoms with Crippen LogP contribution in [0.5, 0.6) is 0 Å². The van der Waals surface area contributed by atoms with Gasteiger partial charge in [-0.3, -0.25) is 9.89 Å². The van der Waals surface area contributed by atoms with E-state index in [1.165, 1.54) is 50.3 Å². The average Bonchev–Trinajstić information content (AvgIpc) is 3.33. The van der Waals surface area contributed by atoms with E-state index in [1.807, 2.05) is 0 Å². The van der Waals surface area contributed by atoms with Gasteiger partial charge in [-0.15, -0.1) is 0 Å². The third-order valence-electron chi connectivity index (χ3n) is 5.42. The number of rotatable bonds is 7. The van der Waals surface area contributed by atoms with Crippen molar-refractivity contribution in [2.45, 2.75) is 44.7 Å². The molecular formula is C19H33N5S. The van der Waals surface area contributed by atoms with Gasteiger partial charge in [-0.25, -0.2) is 0 Å². The summed E-state index contributed by atoms with van der Waals surface area (Å²) in [5.74, 6) is 3.52. The Kier molecular flexibility index (Phi) is 7.11. The highest BCUT2D eigenvalue weighted by molar-refractivity contribution is 7.99. The van der Waals surface area contributed by atoms with Crippen LogP contribution in [0, 0.1) is 0 Å². The maximum atomic E-state index is 5.00. The van der Waals surface area contributed by atoms with E-state index in [1.54, 1.807) is 0 Å². The molecule has 0 aromatic carbocycles. The van der Waals surface area contributed by atoms with E-state index in [0.717, 1.165) is 32.1 Å². The molecule has 2 N–H and O–H groups in total. The molecule has 0 spiro atoms. The quantitative estimate of drug-likeness (QED) is 0.577. The fourth-order valence-corrected chi connectivity index (χ4v) is 4.94. The van der Waals surface area contributed by atoms with Gasteiger partial charge in [0.25, 0.3) is 0 Å². The normalized spacial score (nSPS) is 21.4. The Balaban J connectivity index is 1.57. The van der Waals surface area contributed by atoms with Crippen molar-refractivity contribution in [2.24, 2.45) is 4.99 Å². The maximum Gasteiger partial charge on any atom is 0.191 e. The predicted octanol–water partition coefficient (Wildman–Crippen LogP) is 2.40. The van der Waals surface area contributed by atoms with Crippen LogP contribution in [0.2, 0.25) is 0 Å². The fraction of sp³-hybridized carbons (Fsp3) is 0.737. The number of thioether (sulfide) groups is 1. The van der Waals surface area contributed by atoms with Gasteiger partial charge in [0.1, 0.15) is 0 Å². The van der Waals surface area contributed by atoms with Crippen molar-refractivity contribution >= 4 is 17.7 Å². The van der Waals surface area contributed by atoms with Crippen molar-refractivity contribution in [2.75, 3.05) is 44.2 Å². The molecular weight excluding hydrogens is 330 g/mol. The van der Waals surface area contributed by atoms with Crippen LogP contribution in [-0.2, 0) is 6.54 Å². The molecule has 5 nitrogen and oxygen atoms in total. The average molecular weight is 364 g/mol. The summed E-state index contributed by atoms with van der Waals surface area (Å²) in [6, 6.07) is 4.14. The summed E-state index contributed by atoms with van der Waals surface area (Å²) >= 11 is 2.09. The number of aromatic nitrogens is 1. The topological polar surface area (TPSA) is 44.6 Å². The Hall–Kier alpha value is -1.14. The van der Waals surface area contributed by atoms with Crippen LogP contribution >= 0.6 is 11.8 Å². The van der Waals surface area contributed by atoms with Crippen molar-refractivity contribution < 1.29 is 0 Å². The zero-order valence-corrected chi connectivity index (χ0v) is 16.4. The minimum atomic E-state index is 0.309. The Morgan fingerprint density at radius 1 is 1.12 bits per heavy atom. The highest BCUT2D eigenvalue weighted by Crippen LogP contribution is 2.37. The molecule has 140 valence electrons. The molecule has 2 fully saturated rings. The summed E-state index contributed by atoms with van der Waals surface area (Å²) in [7, 11) is 0. The van der Waals surface area contributed by atoms with Crippen LogP contribution in [0.1, 0.15) is 32.6 Å². The van der Waals surface area contributed by atoms with Crippen molar-refractivity contribution in [3.05, 3.63) is 24.5 Å². The van der Waals surface area contributed by atoms with E-state index in [-0.39, 0.29) is 0 Å². The van der Waals surface area contributed by atoms with E-state index in [2.05, 4.69) is 63.3 Å². The maximum absolute atomic E-state index is 5.00. The second-order valence-electron chi connectivity index (χ2n) is 7.07. The molecule has 1 saturated carbocycles. The molecule has 0 radical (unpaired) electrons. The Bertz CT molecular complexity index is 516. The number of nitrogens with one attached hydrogen (secondary N) is 2. The highest BCUT2D eigenvalue weighted by atomic mass is 32.2. The monoisotopic (exact) mass is 363 g/mol. The van der Waals surface area contributed by atoms with Crippen molar-refractivity contribution in [3.8, 4) is 0 Å². The van der Waals surface area contributed by atoms with E-state index in [9.17, 15) is 0 Å². The molecule has 0 bridgehead atoms.